The quantitative estimate of drug-likeness (QED) is 0.261. The lowest BCUT2D eigenvalue weighted by Crippen LogP contribution is -2.30. The average molecular weight is 481 g/mol. The topological polar surface area (TPSA) is 84.6 Å². The molecule has 0 aliphatic heterocycles. The predicted molar refractivity (Wildman–Crippen MR) is 130 cm³/mol. The molecular formula is C24H24N4O3S2. The summed E-state index contributed by atoms with van der Waals surface area (Å²) in [4.78, 5) is 12.9. The molecule has 0 N–H and O–H groups in total. The number of pyridine rings is 1. The van der Waals surface area contributed by atoms with Crippen LogP contribution in [0, 0.1) is 0 Å². The standard InChI is InChI=1S/C24H24N4O3S2/c1-3-27(4-2)33(30,31)21-14-15-23-25-26-24(28(23)16-21)32-17-22(29)20-12-10-19(11-13-20)18-8-6-5-7-9-18/h5-16H,3-4,17H2,1-2H3. The van der Waals surface area contributed by atoms with E-state index >= 15 is 0 Å². The number of Topliss-reactive ketones (excluding diaryl/α,β-unsaturated/α-hetero) is 1. The molecule has 0 fully saturated rings. The summed E-state index contributed by atoms with van der Waals surface area (Å²) in [5.74, 6) is 0.127. The first-order valence-corrected chi connectivity index (χ1v) is 13.0. The van der Waals surface area contributed by atoms with Crippen LogP contribution < -0.4 is 0 Å². The minimum atomic E-state index is -3.61. The smallest absolute Gasteiger partial charge is 0.244 e. The number of hydrogen-bond donors (Lipinski definition) is 0. The molecule has 2 heterocycles. The molecule has 0 radical (unpaired) electrons. The minimum absolute atomic E-state index is 0.0386. The van der Waals surface area contributed by atoms with Gasteiger partial charge in [0.2, 0.25) is 10.0 Å². The molecule has 170 valence electrons. The van der Waals surface area contributed by atoms with Gasteiger partial charge < -0.3 is 0 Å². The molecule has 9 heteroatoms. The second kappa shape index (κ2) is 9.86. The van der Waals surface area contributed by atoms with Crippen LogP contribution in [0.4, 0.5) is 0 Å². The van der Waals surface area contributed by atoms with Crippen LogP contribution in [-0.4, -0.2) is 51.9 Å². The number of ketones is 1. The minimum Gasteiger partial charge on any atom is -0.293 e. The van der Waals surface area contributed by atoms with Crippen molar-refractivity contribution in [2.75, 3.05) is 18.8 Å². The maximum absolute atomic E-state index is 12.9. The van der Waals surface area contributed by atoms with Crippen LogP contribution in [-0.2, 0) is 10.0 Å². The summed E-state index contributed by atoms with van der Waals surface area (Å²) in [5.41, 5.74) is 3.28. The third kappa shape index (κ3) is 4.85. The molecule has 7 nitrogen and oxygen atoms in total. The molecule has 0 atom stereocenters. The fourth-order valence-electron chi connectivity index (χ4n) is 3.51. The van der Waals surface area contributed by atoms with Crippen LogP contribution in [0.5, 0.6) is 0 Å². The van der Waals surface area contributed by atoms with Crippen molar-refractivity contribution in [3.8, 4) is 11.1 Å². The molecule has 0 unspecified atom stereocenters. The van der Waals surface area contributed by atoms with Gasteiger partial charge in [-0.05, 0) is 23.3 Å². The lowest BCUT2D eigenvalue weighted by atomic mass is 10.0. The normalized spacial score (nSPS) is 11.8. The molecule has 2 aromatic heterocycles. The van der Waals surface area contributed by atoms with Crippen molar-refractivity contribution in [3.63, 3.8) is 0 Å². The Morgan fingerprint density at radius 2 is 1.58 bits per heavy atom. The molecule has 4 rings (SSSR count). The maximum atomic E-state index is 12.9. The van der Waals surface area contributed by atoms with E-state index in [1.165, 1.54) is 28.3 Å². The van der Waals surface area contributed by atoms with Gasteiger partial charge in [-0.2, -0.15) is 4.31 Å². The van der Waals surface area contributed by atoms with E-state index in [1.54, 1.807) is 24.3 Å². The van der Waals surface area contributed by atoms with Gasteiger partial charge in [-0.15, -0.1) is 10.2 Å². The number of sulfonamides is 1. The fourth-order valence-corrected chi connectivity index (χ4v) is 5.77. The molecule has 0 saturated heterocycles. The molecule has 0 bridgehead atoms. The van der Waals surface area contributed by atoms with Gasteiger partial charge in [0.1, 0.15) is 0 Å². The van der Waals surface area contributed by atoms with Crippen molar-refractivity contribution in [3.05, 3.63) is 78.5 Å². The summed E-state index contributed by atoms with van der Waals surface area (Å²) in [6.45, 7) is 4.38. The highest BCUT2D eigenvalue weighted by Gasteiger charge is 2.23. The zero-order valence-corrected chi connectivity index (χ0v) is 20.0. The Kier molecular flexibility index (Phi) is 6.92. The SMILES string of the molecule is CCN(CC)S(=O)(=O)c1ccc2nnc(SCC(=O)c3ccc(-c4ccccc4)cc3)n2c1. The largest absolute Gasteiger partial charge is 0.293 e. The fraction of sp³-hybridized carbons (Fsp3) is 0.208. The van der Waals surface area contributed by atoms with Gasteiger partial charge in [-0.3, -0.25) is 9.20 Å². The Hall–Kier alpha value is -3.01. The molecule has 33 heavy (non-hydrogen) atoms. The molecule has 4 aromatic rings. The van der Waals surface area contributed by atoms with Gasteiger partial charge in [0, 0.05) is 24.8 Å². The lowest BCUT2D eigenvalue weighted by molar-refractivity contribution is 0.102. The summed E-state index contributed by atoms with van der Waals surface area (Å²) >= 11 is 1.23. The van der Waals surface area contributed by atoms with Gasteiger partial charge in [-0.1, -0.05) is 80.2 Å². The summed E-state index contributed by atoms with van der Waals surface area (Å²) < 4.78 is 28.7. The molecule has 0 saturated carbocycles. The van der Waals surface area contributed by atoms with Gasteiger partial charge in [-0.25, -0.2) is 8.42 Å². The Morgan fingerprint density at radius 1 is 0.909 bits per heavy atom. The highest BCUT2D eigenvalue weighted by atomic mass is 32.2. The van der Waals surface area contributed by atoms with Crippen LogP contribution in [0.25, 0.3) is 16.8 Å². The summed E-state index contributed by atoms with van der Waals surface area (Å²) in [7, 11) is -3.61. The number of fused-ring (bicyclic) bond motifs is 1. The first-order valence-electron chi connectivity index (χ1n) is 10.6. The van der Waals surface area contributed by atoms with Crippen molar-refractivity contribution in [2.45, 2.75) is 23.9 Å². The van der Waals surface area contributed by atoms with E-state index in [9.17, 15) is 13.2 Å². The monoisotopic (exact) mass is 480 g/mol. The summed E-state index contributed by atoms with van der Waals surface area (Å²) in [5, 5.41) is 8.70. The molecule has 0 amide bonds. The summed E-state index contributed by atoms with van der Waals surface area (Å²) in [6, 6.07) is 20.6. The van der Waals surface area contributed by atoms with Crippen LogP contribution in [0.15, 0.2) is 83.0 Å². The number of carbonyl (C=O) groups excluding carboxylic acids is 1. The maximum Gasteiger partial charge on any atom is 0.244 e. The first-order chi connectivity index (χ1) is 15.9. The van der Waals surface area contributed by atoms with Gasteiger partial charge >= 0.3 is 0 Å². The van der Waals surface area contributed by atoms with E-state index in [0.29, 0.717) is 29.5 Å². The molecule has 0 spiro atoms. The number of thioether (sulfide) groups is 1. The van der Waals surface area contributed by atoms with Crippen molar-refractivity contribution < 1.29 is 13.2 Å². The number of benzene rings is 2. The summed E-state index contributed by atoms with van der Waals surface area (Å²) in [6.07, 6.45) is 1.52. The first kappa shape index (κ1) is 23.2. The number of aromatic nitrogens is 3. The lowest BCUT2D eigenvalue weighted by Gasteiger charge is -2.18. The Balaban J connectivity index is 1.51. The van der Waals surface area contributed by atoms with E-state index in [-0.39, 0.29) is 16.4 Å². The predicted octanol–water partition coefficient (Wildman–Crippen LogP) is 4.40. The average Bonchev–Trinajstić information content (AvgIpc) is 3.26. The van der Waals surface area contributed by atoms with Gasteiger partial charge in [0.15, 0.2) is 16.6 Å². The number of hydrogen-bond acceptors (Lipinski definition) is 6. The van der Waals surface area contributed by atoms with Crippen LogP contribution >= 0.6 is 11.8 Å². The van der Waals surface area contributed by atoms with E-state index in [1.807, 2.05) is 54.6 Å². The van der Waals surface area contributed by atoms with Crippen molar-refractivity contribution in [1.82, 2.24) is 18.9 Å². The second-order valence-corrected chi connectivity index (χ2v) is 10.2. The Labute approximate surface area is 197 Å². The number of carbonyl (C=O) groups is 1. The zero-order valence-electron chi connectivity index (χ0n) is 18.4. The van der Waals surface area contributed by atoms with E-state index in [2.05, 4.69) is 10.2 Å². The number of rotatable bonds is 9. The third-order valence-electron chi connectivity index (χ3n) is 5.33. The molecule has 2 aromatic carbocycles. The molecular weight excluding hydrogens is 456 g/mol. The number of nitrogens with zero attached hydrogens (tertiary/aromatic N) is 4. The van der Waals surface area contributed by atoms with Gasteiger partial charge in [0.05, 0.1) is 10.6 Å². The zero-order chi connectivity index (χ0) is 23.4. The van der Waals surface area contributed by atoms with E-state index in [4.69, 9.17) is 0 Å². The van der Waals surface area contributed by atoms with Crippen LogP contribution in [0.1, 0.15) is 24.2 Å². The van der Waals surface area contributed by atoms with Crippen molar-refractivity contribution >= 4 is 33.2 Å². The van der Waals surface area contributed by atoms with Crippen molar-refractivity contribution in [1.29, 1.82) is 0 Å². The Bertz CT molecular complexity index is 1360. The molecule has 0 aliphatic carbocycles. The molecule has 0 aliphatic rings. The third-order valence-corrected chi connectivity index (χ3v) is 8.31. The highest BCUT2D eigenvalue weighted by Crippen LogP contribution is 2.23. The van der Waals surface area contributed by atoms with Gasteiger partial charge in [0.25, 0.3) is 0 Å². The second-order valence-electron chi connectivity index (χ2n) is 7.32. The van der Waals surface area contributed by atoms with E-state index in [0.717, 1.165) is 11.1 Å². The van der Waals surface area contributed by atoms with Crippen molar-refractivity contribution in [2.24, 2.45) is 0 Å². The van der Waals surface area contributed by atoms with E-state index < -0.39 is 10.0 Å². The van der Waals surface area contributed by atoms with Crippen LogP contribution in [0.2, 0.25) is 0 Å². The highest BCUT2D eigenvalue weighted by molar-refractivity contribution is 7.99. The van der Waals surface area contributed by atoms with Crippen LogP contribution in [0.3, 0.4) is 0 Å². The Morgan fingerprint density at radius 3 is 2.24 bits per heavy atom.